The zero-order chi connectivity index (χ0) is 14.5. The van der Waals surface area contributed by atoms with Crippen molar-refractivity contribution in [1.29, 1.82) is 0 Å². The van der Waals surface area contributed by atoms with Crippen LogP contribution in [0.1, 0.15) is 25.8 Å². The van der Waals surface area contributed by atoms with Crippen molar-refractivity contribution in [2.75, 3.05) is 13.2 Å². The first-order valence-corrected chi connectivity index (χ1v) is 7.20. The van der Waals surface area contributed by atoms with Gasteiger partial charge in [-0.1, -0.05) is 32.1 Å². The summed E-state index contributed by atoms with van der Waals surface area (Å²) in [6.45, 7) is 10.2. The van der Waals surface area contributed by atoms with Crippen molar-refractivity contribution in [2.45, 2.75) is 26.8 Å². The maximum absolute atomic E-state index is 11.8. The summed E-state index contributed by atoms with van der Waals surface area (Å²) in [5, 5.41) is 0. The van der Waals surface area contributed by atoms with Crippen molar-refractivity contribution in [1.82, 2.24) is 4.90 Å². The smallest absolute Gasteiger partial charge is 0.223 e. The van der Waals surface area contributed by atoms with Crippen LogP contribution >= 0.6 is 0 Å². The van der Waals surface area contributed by atoms with Gasteiger partial charge in [-0.15, -0.1) is 6.58 Å². The predicted octanol–water partition coefficient (Wildman–Crippen LogP) is 3.26. The molecule has 1 saturated heterocycles. The molecular formula is C17H23NO2. The normalized spacial score (nSPS) is 18.6. The van der Waals surface area contributed by atoms with Gasteiger partial charge in [0, 0.05) is 25.4 Å². The van der Waals surface area contributed by atoms with E-state index in [0.717, 1.165) is 24.5 Å². The van der Waals surface area contributed by atoms with E-state index in [2.05, 4.69) is 20.4 Å². The molecule has 0 saturated carbocycles. The van der Waals surface area contributed by atoms with Gasteiger partial charge in [0.05, 0.1) is 6.61 Å². The Morgan fingerprint density at radius 3 is 2.65 bits per heavy atom. The van der Waals surface area contributed by atoms with E-state index in [0.29, 0.717) is 24.8 Å². The molecule has 1 atom stereocenters. The Morgan fingerprint density at radius 2 is 2.10 bits per heavy atom. The molecular weight excluding hydrogens is 250 g/mol. The third kappa shape index (κ3) is 3.86. The van der Waals surface area contributed by atoms with Crippen LogP contribution in [0.4, 0.5) is 0 Å². The third-order valence-electron chi connectivity index (χ3n) is 3.46. The molecule has 2 rings (SSSR count). The molecule has 1 aliphatic heterocycles. The van der Waals surface area contributed by atoms with E-state index in [1.54, 1.807) is 0 Å². The van der Waals surface area contributed by atoms with Gasteiger partial charge >= 0.3 is 0 Å². The number of hydrogen-bond acceptors (Lipinski definition) is 2. The van der Waals surface area contributed by atoms with Crippen LogP contribution in [0, 0.1) is 11.8 Å². The lowest BCUT2D eigenvalue weighted by Gasteiger charge is -2.16. The van der Waals surface area contributed by atoms with Crippen LogP contribution in [0.3, 0.4) is 0 Å². The number of carbonyl (C=O) groups is 1. The van der Waals surface area contributed by atoms with Gasteiger partial charge in [0.2, 0.25) is 5.91 Å². The molecule has 0 radical (unpaired) electrons. The first-order chi connectivity index (χ1) is 9.58. The fourth-order valence-corrected chi connectivity index (χ4v) is 2.29. The minimum atomic E-state index is 0.218. The first kappa shape index (κ1) is 14.6. The number of amides is 1. The second-order valence-corrected chi connectivity index (χ2v) is 5.82. The van der Waals surface area contributed by atoms with Gasteiger partial charge in [0.25, 0.3) is 0 Å². The number of ether oxygens (including phenoxy) is 1. The molecule has 3 nitrogen and oxygen atoms in total. The van der Waals surface area contributed by atoms with E-state index >= 15 is 0 Å². The third-order valence-corrected chi connectivity index (χ3v) is 3.46. The zero-order valence-corrected chi connectivity index (χ0v) is 12.3. The van der Waals surface area contributed by atoms with Crippen molar-refractivity contribution in [3.05, 3.63) is 42.5 Å². The monoisotopic (exact) mass is 273 g/mol. The molecule has 0 aromatic heterocycles. The highest BCUT2D eigenvalue weighted by Gasteiger charge is 2.27. The summed E-state index contributed by atoms with van der Waals surface area (Å²) < 4.78 is 5.65. The molecule has 1 aliphatic rings. The minimum absolute atomic E-state index is 0.218. The van der Waals surface area contributed by atoms with Crippen LogP contribution in [-0.4, -0.2) is 24.0 Å². The molecule has 0 spiro atoms. The summed E-state index contributed by atoms with van der Waals surface area (Å²) in [5.41, 5.74) is 1.14. The van der Waals surface area contributed by atoms with Gasteiger partial charge in [-0.25, -0.2) is 0 Å². The van der Waals surface area contributed by atoms with Gasteiger partial charge in [-0.2, -0.15) is 0 Å². The lowest BCUT2D eigenvalue weighted by atomic mass is 10.1. The number of nitrogens with zero attached hydrogens (tertiary/aromatic N) is 1. The van der Waals surface area contributed by atoms with Crippen LogP contribution in [0.15, 0.2) is 36.9 Å². The average Bonchev–Trinajstić information content (AvgIpc) is 2.78. The van der Waals surface area contributed by atoms with Crippen LogP contribution in [0.25, 0.3) is 0 Å². The average molecular weight is 273 g/mol. The SMILES string of the molecule is C=CC1CC(=O)N(Cc2ccc(OCC(C)C)cc2)C1. The fraction of sp³-hybridized carbons (Fsp3) is 0.471. The number of rotatable bonds is 6. The second-order valence-electron chi connectivity index (χ2n) is 5.82. The van der Waals surface area contributed by atoms with Gasteiger partial charge in [0.15, 0.2) is 0 Å². The van der Waals surface area contributed by atoms with E-state index in [-0.39, 0.29) is 5.91 Å². The largest absolute Gasteiger partial charge is 0.493 e. The van der Waals surface area contributed by atoms with E-state index in [4.69, 9.17) is 4.74 Å². The van der Waals surface area contributed by atoms with E-state index < -0.39 is 0 Å². The highest BCUT2D eigenvalue weighted by molar-refractivity contribution is 5.79. The topological polar surface area (TPSA) is 29.5 Å². The quantitative estimate of drug-likeness (QED) is 0.745. The molecule has 1 heterocycles. The van der Waals surface area contributed by atoms with Crippen molar-refractivity contribution >= 4 is 5.91 Å². The van der Waals surface area contributed by atoms with Crippen molar-refractivity contribution in [3.63, 3.8) is 0 Å². The van der Waals surface area contributed by atoms with Gasteiger partial charge < -0.3 is 9.64 Å². The molecule has 0 aliphatic carbocycles. The molecule has 1 fully saturated rings. The van der Waals surface area contributed by atoms with Crippen LogP contribution in [0.5, 0.6) is 5.75 Å². The van der Waals surface area contributed by atoms with Gasteiger partial charge in [-0.3, -0.25) is 4.79 Å². The molecule has 108 valence electrons. The molecule has 20 heavy (non-hydrogen) atoms. The Labute approximate surface area is 121 Å². The molecule has 1 aromatic carbocycles. The summed E-state index contributed by atoms with van der Waals surface area (Å²) in [4.78, 5) is 13.7. The maximum Gasteiger partial charge on any atom is 0.223 e. The molecule has 1 unspecified atom stereocenters. The summed E-state index contributed by atoms with van der Waals surface area (Å²) in [5.74, 6) is 1.93. The highest BCUT2D eigenvalue weighted by atomic mass is 16.5. The Morgan fingerprint density at radius 1 is 1.40 bits per heavy atom. The highest BCUT2D eigenvalue weighted by Crippen LogP contribution is 2.21. The lowest BCUT2D eigenvalue weighted by molar-refractivity contribution is -0.128. The summed E-state index contributed by atoms with van der Waals surface area (Å²) in [6, 6.07) is 8.01. The van der Waals surface area contributed by atoms with Crippen LogP contribution in [0.2, 0.25) is 0 Å². The molecule has 0 N–H and O–H groups in total. The fourth-order valence-electron chi connectivity index (χ4n) is 2.29. The van der Waals surface area contributed by atoms with Crippen molar-refractivity contribution in [2.24, 2.45) is 11.8 Å². The lowest BCUT2D eigenvalue weighted by Crippen LogP contribution is -2.24. The predicted molar refractivity (Wildman–Crippen MR) is 80.5 cm³/mol. The number of carbonyl (C=O) groups excluding carboxylic acids is 1. The molecule has 1 aromatic rings. The Bertz CT molecular complexity index is 464. The van der Waals surface area contributed by atoms with E-state index in [9.17, 15) is 4.79 Å². The number of hydrogen-bond donors (Lipinski definition) is 0. The molecule has 0 bridgehead atoms. The van der Waals surface area contributed by atoms with E-state index in [1.807, 2.05) is 35.2 Å². The van der Waals surface area contributed by atoms with Gasteiger partial charge in [-0.05, 0) is 23.6 Å². The van der Waals surface area contributed by atoms with Gasteiger partial charge in [0.1, 0.15) is 5.75 Å². The van der Waals surface area contributed by atoms with E-state index in [1.165, 1.54) is 0 Å². The van der Waals surface area contributed by atoms with Crippen molar-refractivity contribution < 1.29 is 9.53 Å². The maximum atomic E-state index is 11.8. The summed E-state index contributed by atoms with van der Waals surface area (Å²) in [7, 11) is 0. The van der Waals surface area contributed by atoms with Crippen molar-refractivity contribution in [3.8, 4) is 5.75 Å². The number of likely N-dealkylation sites (tertiary alicyclic amines) is 1. The van der Waals surface area contributed by atoms with Crippen LogP contribution in [-0.2, 0) is 11.3 Å². The Hall–Kier alpha value is -1.77. The standard InChI is InChI=1S/C17H23NO2/c1-4-14-9-17(19)18(10-14)11-15-5-7-16(8-6-15)20-12-13(2)3/h4-8,13-14H,1,9-12H2,2-3H3. The minimum Gasteiger partial charge on any atom is -0.493 e. The summed E-state index contributed by atoms with van der Waals surface area (Å²) >= 11 is 0. The molecule has 1 amide bonds. The zero-order valence-electron chi connectivity index (χ0n) is 12.3. The second kappa shape index (κ2) is 6.60. The first-order valence-electron chi connectivity index (χ1n) is 7.20. The number of benzene rings is 1. The van der Waals surface area contributed by atoms with Crippen LogP contribution < -0.4 is 4.74 Å². The molecule has 3 heteroatoms. The summed E-state index contributed by atoms with van der Waals surface area (Å²) in [6.07, 6.45) is 2.47. The Balaban J connectivity index is 1.90. The Kier molecular flexibility index (Phi) is 4.83.